The van der Waals surface area contributed by atoms with E-state index in [-0.39, 0.29) is 17.9 Å². The minimum absolute atomic E-state index is 0.121. The molecule has 0 unspecified atom stereocenters. The molecule has 0 bridgehead atoms. The average Bonchev–Trinajstić information content (AvgIpc) is 2.28. The second kappa shape index (κ2) is 5.39. The lowest BCUT2D eigenvalue weighted by atomic mass is 10.1. The molecule has 0 aliphatic carbocycles. The average molecular weight is 241 g/mol. The number of rotatable bonds is 4. The summed E-state index contributed by atoms with van der Waals surface area (Å²) in [5, 5.41) is 8.75. The first-order chi connectivity index (χ1) is 7.99. The van der Waals surface area contributed by atoms with E-state index >= 15 is 0 Å². The number of nitrogens with zero attached hydrogens (tertiary/aromatic N) is 1. The van der Waals surface area contributed by atoms with Crippen LogP contribution in [0.1, 0.15) is 17.5 Å². The van der Waals surface area contributed by atoms with Gasteiger partial charge in [-0.05, 0) is 24.6 Å². The first kappa shape index (κ1) is 13.1. The van der Waals surface area contributed by atoms with Crippen molar-refractivity contribution in [1.29, 1.82) is 5.26 Å². The van der Waals surface area contributed by atoms with Gasteiger partial charge in [0.1, 0.15) is 11.8 Å². The Labute approximate surface area is 96.9 Å². The lowest BCUT2D eigenvalue weighted by Crippen LogP contribution is -2.06. The van der Waals surface area contributed by atoms with Crippen molar-refractivity contribution < 1.29 is 17.9 Å². The summed E-state index contributed by atoms with van der Waals surface area (Å²) in [5.74, 6) is 0.155. The van der Waals surface area contributed by atoms with Crippen LogP contribution in [0, 0.1) is 11.3 Å². The van der Waals surface area contributed by atoms with Gasteiger partial charge in [0.25, 0.3) is 0 Å². The quantitative estimate of drug-likeness (QED) is 0.596. The van der Waals surface area contributed by atoms with Crippen LogP contribution < -0.4 is 4.74 Å². The van der Waals surface area contributed by atoms with Gasteiger partial charge in [0, 0.05) is 0 Å². The third-order valence-corrected chi connectivity index (χ3v) is 2.01. The lowest BCUT2D eigenvalue weighted by Gasteiger charge is -2.10. The number of benzene rings is 1. The Morgan fingerprint density at radius 2 is 2.12 bits per heavy atom. The minimum Gasteiger partial charge on any atom is -0.492 e. The minimum atomic E-state index is -4.45. The normalized spacial score (nSPS) is 10.7. The van der Waals surface area contributed by atoms with Crippen molar-refractivity contribution in [3.05, 3.63) is 42.0 Å². The van der Waals surface area contributed by atoms with Crippen molar-refractivity contribution in [3.8, 4) is 11.8 Å². The first-order valence-corrected chi connectivity index (χ1v) is 4.84. The van der Waals surface area contributed by atoms with Crippen molar-refractivity contribution in [1.82, 2.24) is 0 Å². The molecule has 1 rings (SSSR count). The molecule has 0 N–H and O–H groups in total. The van der Waals surface area contributed by atoms with Gasteiger partial charge >= 0.3 is 6.18 Å². The fraction of sp³-hybridized carbons (Fsp3) is 0.250. The maximum absolute atomic E-state index is 12.4. The van der Waals surface area contributed by atoms with Gasteiger partial charge in [0.15, 0.2) is 0 Å². The summed E-state index contributed by atoms with van der Waals surface area (Å²) in [6, 6.07) is 4.52. The van der Waals surface area contributed by atoms with E-state index in [2.05, 4.69) is 6.58 Å². The highest BCUT2D eigenvalue weighted by Crippen LogP contribution is 2.32. The van der Waals surface area contributed by atoms with E-state index < -0.39 is 11.7 Å². The second-order valence-electron chi connectivity index (χ2n) is 3.25. The number of halogens is 3. The third kappa shape index (κ3) is 3.52. The Balaban J connectivity index is 2.95. The molecule has 90 valence electrons. The van der Waals surface area contributed by atoms with E-state index in [1.54, 1.807) is 12.1 Å². The van der Waals surface area contributed by atoms with Gasteiger partial charge in [0.05, 0.1) is 17.7 Å². The third-order valence-electron chi connectivity index (χ3n) is 2.01. The van der Waals surface area contributed by atoms with E-state index in [1.807, 2.05) is 0 Å². The van der Waals surface area contributed by atoms with Crippen LogP contribution in [0.15, 0.2) is 30.9 Å². The summed E-state index contributed by atoms with van der Waals surface area (Å²) in [5.41, 5.74) is -0.978. The molecule has 0 amide bonds. The SMILES string of the molecule is C=CCCOc1ccc(C(F)(F)F)cc1C#N. The number of nitriles is 1. The summed E-state index contributed by atoms with van der Waals surface area (Å²) >= 11 is 0. The Bertz CT molecular complexity index is 446. The molecule has 1 aromatic carbocycles. The predicted octanol–water partition coefficient (Wildman–Crippen LogP) is 3.53. The molecule has 0 radical (unpaired) electrons. The molecule has 0 aromatic heterocycles. The molecular formula is C12H10F3NO. The van der Waals surface area contributed by atoms with Crippen molar-refractivity contribution in [2.45, 2.75) is 12.6 Å². The van der Waals surface area contributed by atoms with Crippen LogP contribution in [0.3, 0.4) is 0 Å². The molecule has 0 fully saturated rings. The summed E-state index contributed by atoms with van der Waals surface area (Å²) < 4.78 is 42.3. The van der Waals surface area contributed by atoms with Crippen LogP contribution in [0.5, 0.6) is 5.75 Å². The number of hydrogen-bond acceptors (Lipinski definition) is 2. The number of alkyl halides is 3. The fourth-order valence-corrected chi connectivity index (χ4v) is 1.17. The molecular weight excluding hydrogens is 231 g/mol. The molecule has 0 saturated carbocycles. The van der Waals surface area contributed by atoms with Gasteiger partial charge in [-0.1, -0.05) is 6.08 Å². The van der Waals surface area contributed by atoms with Gasteiger partial charge in [0.2, 0.25) is 0 Å². The zero-order valence-electron chi connectivity index (χ0n) is 8.92. The first-order valence-electron chi connectivity index (χ1n) is 4.84. The highest BCUT2D eigenvalue weighted by atomic mass is 19.4. The van der Waals surface area contributed by atoms with Gasteiger partial charge in [-0.15, -0.1) is 6.58 Å². The van der Waals surface area contributed by atoms with Crippen molar-refractivity contribution >= 4 is 0 Å². The molecule has 2 nitrogen and oxygen atoms in total. The molecule has 0 saturated heterocycles. The van der Waals surface area contributed by atoms with Gasteiger partial charge < -0.3 is 4.74 Å². The topological polar surface area (TPSA) is 33.0 Å². The highest BCUT2D eigenvalue weighted by Gasteiger charge is 2.31. The zero-order chi connectivity index (χ0) is 12.9. The largest absolute Gasteiger partial charge is 0.492 e. The standard InChI is InChI=1S/C12H10F3NO/c1-2-3-6-17-11-5-4-10(12(13,14)15)7-9(11)8-16/h2,4-5,7H,1,3,6H2. The fourth-order valence-electron chi connectivity index (χ4n) is 1.17. The summed E-state index contributed by atoms with van der Waals surface area (Å²) in [6.45, 7) is 3.77. The Kier molecular flexibility index (Phi) is 4.16. The van der Waals surface area contributed by atoms with Crippen LogP contribution >= 0.6 is 0 Å². The van der Waals surface area contributed by atoms with Crippen LogP contribution in [0.4, 0.5) is 13.2 Å². The van der Waals surface area contributed by atoms with Crippen molar-refractivity contribution in [2.75, 3.05) is 6.61 Å². The lowest BCUT2D eigenvalue weighted by molar-refractivity contribution is -0.137. The van der Waals surface area contributed by atoms with Gasteiger partial charge in [-0.2, -0.15) is 18.4 Å². The summed E-state index contributed by atoms with van der Waals surface area (Å²) in [6.07, 6.45) is -2.27. The van der Waals surface area contributed by atoms with Gasteiger partial charge in [-0.25, -0.2) is 0 Å². The molecule has 5 heteroatoms. The summed E-state index contributed by atoms with van der Waals surface area (Å²) in [7, 11) is 0. The zero-order valence-corrected chi connectivity index (χ0v) is 8.92. The highest BCUT2D eigenvalue weighted by molar-refractivity contribution is 5.46. The van der Waals surface area contributed by atoms with Gasteiger partial charge in [-0.3, -0.25) is 0 Å². The molecule has 1 aromatic rings. The Morgan fingerprint density at radius 3 is 2.65 bits per heavy atom. The molecule has 0 spiro atoms. The maximum atomic E-state index is 12.4. The Hall–Kier alpha value is -1.96. The van der Waals surface area contributed by atoms with E-state index in [0.717, 1.165) is 18.2 Å². The smallest absolute Gasteiger partial charge is 0.416 e. The number of hydrogen-bond donors (Lipinski definition) is 0. The van der Waals surface area contributed by atoms with Crippen molar-refractivity contribution in [2.24, 2.45) is 0 Å². The van der Waals surface area contributed by atoms with E-state index in [1.165, 1.54) is 0 Å². The second-order valence-corrected chi connectivity index (χ2v) is 3.25. The maximum Gasteiger partial charge on any atom is 0.416 e. The molecule has 0 heterocycles. The van der Waals surface area contributed by atoms with E-state index in [0.29, 0.717) is 6.42 Å². The van der Waals surface area contributed by atoms with Crippen LogP contribution in [-0.4, -0.2) is 6.61 Å². The molecule has 17 heavy (non-hydrogen) atoms. The predicted molar refractivity (Wildman–Crippen MR) is 56.5 cm³/mol. The molecule has 0 aliphatic rings. The molecule has 0 aliphatic heterocycles. The van der Waals surface area contributed by atoms with Crippen LogP contribution in [0.25, 0.3) is 0 Å². The number of ether oxygens (including phenoxy) is 1. The molecule has 0 atom stereocenters. The van der Waals surface area contributed by atoms with Crippen LogP contribution in [-0.2, 0) is 6.18 Å². The van der Waals surface area contributed by atoms with Crippen LogP contribution in [0.2, 0.25) is 0 Å². The monoisotopic (exact) mass is 241 g/mol. The Morgan fingerprint density at radius 1 is 1.41 bits per heavy atom. The van der Waals surface area contributed by atoms with Crippen molar-refractivity contribution in [3.63, 3.8) is 0 Å². The van der Waals surface area contributed by atoms with E-state index in [9.17, 15) is 13.2 Å². The van der Waals surface area contributed by atoms with E-state index in [4.69, 9.17) is 10.00 Å². The summed E-state index contributed by atoms with van der Waals surface area (Å²) in [4.78, 5) is 0.